The van der Waals surface area contributed by atoms with E-state index >= 15 is 0 Å². The summed E-state index contributed by atoms with van der Waals surface area (Å²) < 4.78 is 6.29. The van der Waals surface area contributed by atoms with Crippen LogP contribution in [0.5, 0.6) is 0 Å². The second-order valence-corrected chi connectivity index (χ2v) is 13.2. The Hall–Kier alpha value is 0.130. The van der Waals surface area contributed by atoms with Crippen molar-refractivity contribution in [3.8, 4) is 0 Å². The number of nitrogens with one attached hydrogen (secondary N) is 1. The van der Waals surface area contributed by atoms with E-state index in [1.807, 2.05) is 0 Å². The molecule has 0 spiro atoms. The first-order valence-corrected chi connectivity index (χ1v) is 13.4. The molecule has 0 aromatic carbocycles. The van der Waals surface area contributed by atoms with Gasteiger partial charge >= 0.3 is 0 Å². The van der Waals surface area contributed by atoms with E-state index in [0.29, 0.717) is 17.8 Å². The minimum Gasteiger partial charge on any atom is -0.370 e. The number of rotatable bonds is 12. The molecule has 0 bridgehead atoms. The fourth-order valence-corrected chi connectivity index (χ4v) is 4.88. The second kappa shape index (κ2) is 11.7. The number of ether oxygens (including phenoxy) is 1. The zero-order valence-electron chi connectivity index (χ0n) is 23.6. The van der Waals surface area contributed by atoms with Crippen LogP contribution in [-0.4, -0.2) is 77.7 Å². The van der Waals surface area contributed by atoms with Crippen molar-refractivity contribution in [3.05, 3.63) is 0 Å². The number of hydrogen-bond donors (Lipinski definition) is 1. The monoisotopic (exact) mass is 473 g/mol. The van der Waals surface area contributed by atoms with Crippen LogP contribution in [0.25, 0.3) is 0 Å². The SMILES string of the molecule is CC(C)NCCC(C)(C)C(C)(C)N(C)CCC(C)C(C)(C)N1CCC(C)(C)OC(CCl)C1. The van der Waals surface area contributed by atoms with E-state index in [9.17, 15) is 0 Å². The second-order valence-electron chi connectivity index (χ2n) is 12.9. The largest absolute Gasteiger partial charge is 0.370 e. The highest BCUT2D eigenvalue weighted by Gasteiger charge is 2.41. The lowest BCUT2D eigenvalue weighted by atomic mass is 9.71. The quantitative estimate of drug-likeness (QED) is 0.350. The molecule has 0 aromatic heterocycles. The van der Waals surface area contributed by atoms with Crippen molar-refractivity contribution in [1.82, 2.24) is 15.1 Å². The third-order valence-electron chi connectivity index (χ3n) is 8.90. The van der Waals surface area contributed by atoms with Crippen LogP contribution in [0.2, 0.25) is 0 Å². The average Bonchev–Trinajstić information content (AvgIpc) is 2.82. The molecule has 1 fully saturated rings. The van der Waals surface area contributed by atoms with E-state index < -0.39 is 0 Å². The van der Waals surface area contributed by atoms with Gasteiger partial charge in [-0.05, 0) is 92.3 Å². The van der Waals surface area contributed by atoms with Gasteiger partial charge in [0.25, 0.3) is 0 Å². The molecule has 1 N–H and O–H groups in total. The first kappa shape index (κ1) is 30.2. The summed E-state index contributed by atoms with van der Waals surface area (Å²) in [6.45, 7) is 29.9. The third kappa shape index (κ3) is 8.12. The van der Waals surface area contributed by atoms with Gasteiger partial charge in [-0.15, -0.1) is 11.6 Å². The van der Waals surface area contributed by atoms with Crippen molar-refractivity contribution in [3.63, 3.8) is 0 Å². The number of halogens is 1. The molecule has 1 heterocycles. The van der Waals surface area contributed by atoms with E-state index in [-0.39, 0.29) is 28.2 Å². The topological polar surface area (TPSA) is 27.7 Å². The lowest BCUT2D eigenvalue weighted by Gasteiger charge is -2.49. The minimum atomic E-state index is -0.103. The smallest absolute Gasteiger partial charge is 0.0844 e. The van der Waals surface area contributed by atoms with Crippen LogP contribution < -0.4 is 5.32 Å². The molecule has 0 radical (unpaired) electrons. The van der Waals surface area contributed by atoms with Gasteiger partial charge in [0.2, 0.25) is 0 Å². The molecule has 0 aliphatic carbocycles. The molecule has 1 saturated heterocycles. The predicted molar refractivity (Wildman–Crippen MR) is 142 cm³/mol. The maximum absolute atomic E-state index is 6.29. The normalized spacial score (nSPS) is 22.4. The van der Waals surface area contributed by atoms with Crippen molar-refractivity contribution in [2.45, 2.75) is 124 Å². The molecular formula is C27H56ClN3O. The van der Waals surface area contributed by atoms with Gasteiger partial charge < -0.3 is 15.0 Å². The Balaban J connectivity index is 2.76. The molecule has 2 unspecified atom stereocenters. The standard InChI is InChI=1S/C27H56ClN3O/c1-21(2)29-16-14-24(4,5)27(10,11)30(12)17-13-22(3)26(8,9)31-18-15-25(6,7)32-23(19-28)20-31/h21-23,29H,13-20H2,1-12H3. The summed E-state index contributed by atoms with van der Waals surface area (Å²) in [5.74, 6) is 1.13. The van der Waals surface area contributed by atoms with Gasteiger partial charge in [0.15, 0.2) is 0 Å². The summed E-state index contributed by atoms with van der Waals surface area (Å²) >= 11 is 6.26. The predicted octanol–water partition coefficient (Wildman–Crippen LogP) is 6.02. The van der Waals surface area contributed by atoms with Crippen LogP contribution in [0.3, 0.4) is 0 Å². The summed E-state index contributed by atoms with van der Waals surface area (Å²) in [5, 5.41) is 3.59. The molecule has 1 aliphatic heterocycles. The Morgan fingerprint density at radius 3 is 2.25 bits per heavy atom. The van der Waals surface area contributed by atoms with E-state index in [0.717, 1.165) is 32.6 Å². The molecule has 1 aliphatic rings. The maximum Gasteiger partial charge on any atom is 0.0844 e. The van der Waals surface area contributed by atoms with E-state index in [1.54, 1.807) is 0 Å². The van der Waals surface area contributed by atoms with Gasteiger partial charge in [0.1, 0.15) is 0 Å². The van der Waals surface area contributed by atoms with Crippen LogP contribution >= 0.6 is 11.6 Å². The number of nitrogens with zero attached hydrogens (tertiary/aromatic N) is 2. The van der Waals surface area contributed by atoms with Crippen LogP contribution in [-0.2, 0) is 4.74 Å². The summed E-state index contributed by atoms with van der Waals surface area (Å²) in [7, 11) is 2.31. The first-order valence-electron chi connectivity index (χ1n) is 12.9. The molecule has 5 heteroatoms. The van der Waals surface area contributed by atoms with Crippen molar-refractivity contribution < 1.29 is 4.74 Å². The summed E-state index contributed by atoms with van der Waals surface area (Å²) in [6, 6.07) is 0.545. The van der Waals surface area contributed by atoms with Gasteiger partial charge in [0.05, 0.1) is 11.7 Å². The summed E-state index contributed by atoms with van der Waals surface area (Å²) in [6.07, 6.45) is 3.50. The molecule has 32 heavy (non-hydrogen) atoms. The molecule has 192 valence electrons. The van der Waals surface area contributed by atoms with E-state index in [2.05, 4.69) is 98.3 Å². The lowest BCUT2D eigenvalue weighted by Crippen LogP contribution is -2.55. The van der Waals surface area contributed by atoms with Crippen molar-refractivity contribution in [2.75, 3.05) is 39.1 Å². The lowest BCUT2D eigenvalue weighted by molar-refractivity contribution is -0.0578. The Labute approximate surface area is 206 Å². The Morgan fingerprint density at radius 2 is 1.72 bits per heavy atom. The zero-order valence-corrected chi connectivity index (χ0v) is 24.3. The van der Waals surface area contributed by atoms with Gasteiger partial charge in [-0.25, -0.2) is 0 Å². The highest BCUT2D eigenvalue weighted by atomic mass is 35.5. The van der Waals surface area contributed by atoms with Crippen molar-refractivity contribution in [2.24, 2.45) is 11.3 Å². The van der Waals surface area contributed by atoms with Crippen molar-refractivity contribution in [1.29, 1.82) is 0 Å². The van der Waals surface area contributed by atoms with Gasteiger partial charge in [-0.1, -0.05) is 34.6 Å². The van der Waals surface area contributed by atoms with Gasteiger partial charge in [-0.3, -0.25) is 4.90 Å². The highest BCUT2D eigenvalue weighted by Crippen LogP contribution is 2.39. The molecule has 0 aromatic rings. The molecule has 1 rings (SSSR count). The minimum absolute atomic E-state index is 0.0995. The highest BCUT2D eigenvalue weighted by molar-refractivity contribution is 6.18. The zero-order chi connectivity index (χ0) is 25.0. The fourth-order valence-electron chi connectivity index (χ4n) is 4.72. The fraction of sp³-hybridized carbons (Fsp3) is 1.00. The van der Waals surface area contributed by atoms with Crippen LogP contribution in [0, 0.1) is 11.3 Å². The maximum atomic E-state index is 6.29. The first-order chi connectivity index (χ1) is 14.5. The molecule has 4 nitrogen and oxygen atoms in total. The van der Waals surface area contributed by atoms with E-state index in [4.69, 9.17) is 16.3 Å². The summed E-state index contributed by atoms with van der Waals surface area (Å²) in [5.41, 5.74) is 0.354. The Kier molecular flexibility index (Phi) is 11.0. The van der Waals surface area contributed by atoms with Crippen LogP contribution in [0.4, 0.5) is 0 Å². The van der Waals surface area contributed by atoms with Crippen LogP contribution in [0.15, 0.2) is 0 Å². The van der Waals surface area contributed by atoms with Gasteiger partial charge in [-0.2, -0.15) is 0 Å². The molecule has 2 atom stereocenters. The molecular weight excluding hydrogens is 418 g/mol. The number of hydrogen-bond acceptors (Lipinski definition) is 4. The molecule has 0 saturated carbocycles. The number of alkyl halides is 1. The van der Waals surface area contributed by atoms with Crippen molar-refractivity contribution >= 4 is 11.6 Å². The van der Waals surface area contributed by atoms with Crippen LogP contribution in [0.1, 0.15) is 95.4 Å². The van der Waals surface area contributed by atoms with Gasteiger partial charge in [0, 0.05) is 36.1 Å². The average molecular weight is 474 g/mol. The molecule has 0 amide bonds. The third-order valence-corrected chi connectivity index (χ3v) is 9.24. The Morgan fingerprint density at radius 1 is 1.12 bits per heavy atom. The summed E-state index contributed by atoms with van der Waals surface area (Å²) in [4.78, 5) is 5.22. The van der Waals surface area contributed by atoms with E-state index in [1.165, 1.54) is 12.8 Å². The Bertz CT molecular complexity index is 559.